The molecule has 0 unspecified atom stereocenters. The van der Waals surface area contributed by atoms with Crippen LogP contribution in [0.2, 0.25) is 0 Å². The number of aromatic nitrogens is 2. The zero-order chi connectivity index (χ0) is 13.7. The molecule has 1 heterocycles. The van der Waals surface area contributed by atoms with Crippen LogP contribution in [0.25, 0.3) is 5.69 Å². The number of hydrogen-bond acceptors (Lipinski definition) is 3. The summed E-state index contributed by atoms with van der Waals surface area (Å²) in [5, 5.41) is 6.98. The summed E-state index contributed by atoms with van der Waals surface area (Å²) >= 11 is 0. The first kappa shape index (κ1) is 12.9. The Morgan fingerprint density at radius 2 is 2.21 bits per heavy atom. The van der Waals surface area contributed by atoms with Crippen LogP contribution >= 0.6 is 0 Å². The smallest absolute Gasteiger partial charge is 0.271 e. The van der Waals surface area contributed by atoms with Gasteiger partial charge in [0, 0.05) is 12.7 Å². The lowest BCUT2D eigenvalue weighted by molar-refractivity contribution is 0.0949. The Labute approximate surface area is 111 Å². The van der Waals surface area contributed by atoms with Crippen molar-refractivity contribution in [2.45, 2.75) is 6.42 Å². The molecular weight excluding hydrogens is 240 g/mol. The van der Waals surface area contributed by atoms with E-state index in [0.29, 0.717) is 17.9 Å². The monoisotopic (exact) mass is 256 g/mol. The lowest BCUT2D eigenvalue weighted by Crippen LogP contribution is -2.24. The van der Waals surface area contributed by atoms with Crippen LogP contribution in [0.3, 0.4) is 0 Å². The molecule has 2 rings (SSSR count). The van der Waals surface area contributed by atoms with Gasteiger partial charge in [0.2, 0.25) is 0 Å². The third kappa shape index (κ3) is 3.01. The van der Waals surface area contributed by atoms with Crippen molar-refractivity contribution in [3.63, 3.8) is 0 Å². The zero-order valence-electron chi connectivity index (χ0n) is 10.5. The van der Waals surface area contributed by atoms with E-state index in [2.05, 4.69) is 17.0 Å². The maximum atomic E-state index is 11.8. The molecule has 0 aliphatic carbocycles. The maximum absolute atomic E-state index is 11.8. The Balaban J connectivity index is 2.13. The molecule has 0 atom stereocenters. The molecule has 0 fully saturated rings. The second-order valence-corrected chi connectivity index (χ2v) is 4.04. The number of hydrogen-bond donors (Lipinski definition) is 2. The van der Waals surface area contributed by atoms with Gasteiger partial charge in [0.25, 0.3) is 5.91 Å². The summed E-state index contributed by atoms with van der Waals surface area (Å²) < 4.78 is 1.59. The molecule has 5 heteroatoms. The molecule has 0 saturated heterocycles. The van der Waals surface area contributed by atoms with E-state index in [1.54, 1.807) is 29.1 Å². The predicted octanol–water partition coefficient (Wildman–Crippen LogP) is 1.76. The minimum atomic E-state index is -0.199. The first-order valence-electron chi connectivity index (χ1n) is 6.02. The lowest BCUT2D eigenvalue weighted by atomic mass is 10.3. The molecule has 1 aromatic heterocycles. The number of nitrogen functional groups attached to an aromatic ring is 1. The fourth-order valence-corrected chi connectivity index (χ4v) is 1.65. The molecule has 1 amide bonds. The van der Waals surface area contributed by atoms with E-state index in [4.69, 9.17) is 5.73 Å². The summed E-state index contributed by atoms with van der Waals surface area (Å²) in [6.07, 6.45) is 4.20. The van der Waals surface area contributed by atoms with Crippen molar-refractivity contribution in [3.8, 4) is 5.69 Å². The average Bonchev–Trinajstić information content (AvgIpc) is 2.89. The van der Waals surface area contributed by atoms with Gasteiger partial charge in [-0.1, -0.05) is 18.2 Å². The minimum absolute atomic E-state index is 0.199. The van der Waals surface area contributed by atoms with Crippen LogP contribution in [-0.2, 0) is 0 Å². The van der Waals surface area contributed by atoms with Crippen LogP contribution < -0.4 is 11.1 Å². The molecule has 0 aliphatic rings. The summed E-state index contributed by atoms with van der Waals surface area (Å²) in [5.41, 5.74) is 7.60. The molecule has 19 heavy (non-hydrogen) atoms. The SMILES string of the molecule is C=CCCNC(=O)c1ccn(-c2ccccc2N)n1. The van der Waals surface area contributed by atoms with Crippen LogP contribution in [-0.4, -0.2) is 22.2 Å². The molecule has 2 aromatic rings. The van der Waals surface area contributed by atoms with Gasteiger partial charge in [-0.25, -0.2) is 4.68 Å². The van der Waals surface area contributed by atoms with Crippen molar-refractivity contribution < 1.29 is 4.79 Å². The van der Waals surface area contributed by atoms with E-state index in [0.717, 1.165) is 12.1 Å². The Kier molecular flexibility index (Phi) is 3.97. The third-order valence-electron chi connectivity index (χ3n) is 2.64. The van der Waals surface area contributed by atoms with Crippen LogP contribution in [0.4, 0.5) is 5.69 Å². The van der Waals surface area contributed by atoms with Crippen molar-refractivity contribution in [2.75, 3.05) is 12.3 Å². The fraction of sp³-hybridized carbons (Fsp3) is 0.143. The maximum Gasteiger partial charge on any atom is 0.271 e. The highest BCUT2D eigenvalue weighted by Crippen LogP contribution is 2.15. The van der Waals surface area contributed by atoms with E-state index >= 15 is 0 Å². The van der Waals surface area contributed by atoms with Gasteiger partial charge in [-0.05, 0) is 24.6 Å². The minimum Gasteiger partial charge on any atom is -0.397 e. The van der Waals surface area contributed by atoms with E-state index in [1.165, 1.54) is 0 Å². The summed E-state index contributed by atoms with van der Waals surface area (Å²) in [5.74, 6) is -0.199. The highest BCUT2D eigenvalue weighted by Gasteiger charge is 2.10. The highest BCUT2D eigenvalue weighted by molar-refractivity contribution is 5.92. The number of para-hydroxylation sites is 2. The second-order valence-electron chi connectivity index (χ2n) is 4.04. The first-order valence-corrected chi connectivity index (χ1v) is 6.02. The van der Waals surface area contributed by atoms with Gasteiger partial charge in [-0.2, -0.15) is 5.10 Å². The van der Waals surface area contributed by atoms with E-state index in [-0.39, 0.29) is 5.91 Å². The fourth-order valence-electron chi connectivity index (χ4n) is 1.65. The van der Waals surface area contributed by atoms with Crippen molar-refractivity contribution >= 4 is 11.6 Å². The number of nitrogens with zero attached hydrogens (tertiary/aromatic N) is 2. The van der Waals surface area contributed by atoms with Gasteiger partial charge in [0.15, 0.2) is 5.69 Å². The van der Waals surface area contributed by atoms with Gasteiger partial charge >= 0.3 is 0 Å². The predicted molar refractivity (Wildman–Crippen MR) is 75.1 cm³/mol. The molecule has 0 spiro atoms. The van der Waals surface area contributed by atoms with E-state index in [9.17, 15) is 4.79 Å². The highest BCUT2D eigenvalue weighted by atomic mass is 16.1. The second kappa shape index (κ2) is 5.86. The largest absolute Gasteiger partial charge is 0.397 e. The lowest BCUT2D eigenvalue weighted by Gasteiger charge is -2.04. The van der Waals surface area contributed by atoms with Crippen molar-refractivity contribution in [1.82, 2.24) is 15.1 Å². The van der Waals surface area contributed by atoms with E-state index in [1.807, 2.05) is 18.2 Å². The van der Waals surface area contributed by atoms with Gasteiger partial charge in [-0.3, -0.25) is 4.79 Å². The van der Waals surface area contributed by atoms with Gasteiger partial charge in [-0.15, -0.1) is 6.58 Å². The number of benzene rings is 1. The van der Waals surface area contributed by atoms with Crippen LogP contribution in [0.15, 0.2) is 49.2 Å². The number of amides is 1. The molecular formula is C14H16N4O. The average molecular weight is 256 g/mol. The number of carbonyl (C=O) groups excluding carboxylic acids is 1. The van der Waals surface area contributed by atoms with Gasteiger partial charge in [0.05, 0.1) is 11.4 Å². The summed E-state index contributed by atoms with van der Waals surface area (Å²) in [7, 11) is 0. The number of nitrogens with one attached hydrogen (secondary N) is 1. The topological polar surface area (TPSA) is 72.9 Å². The van der Waals surface area contributed by atoms with Crippen molar-refractivity contribution in [2.24, 2.45) is 0 Å². The summed E-state index contributed by atoms with van der Waals surface area (Å²) in [6.45, 7) is 4.16. The van der Waals surface area contributed by atoms with Crippen LogP contribution in [0, 0.1) is 0 Å². The van der Waals surface area contributed by atoms with Crippen molar-refractivity contribution in [1.29, 1.82) is 0 Å². The van der Waals surface area contributed by atoms with Crippen molar-refractivity contribution in [3.05, 3.63) is 54.9 Å². The molecule has 0 radical (unpaired) electrons. The molecule has 1 aromatic carbocycles. The van der Waals surface area contributed by atoms with Crippen LogP contribution in [0.1, 0.15) is 16.9 Å². The van der Waals surface area contributed by atoms with Crippen LogP contribution in [0.5, 0.6) is 0 Å². The molecule has 0 bridgehead atoms. The van der Waals surface area contributed by atoms with Gasteiger partial charge in [0.1, 0.15) is 0 Å². The molecule has 0 saturated carbocycles. The third-order valence-corrected chi connectivity index (χ3v) is 2.64. The Morgan fingerprint density at radius 3 is 2.95 bits per heavy atom. The Hall–Kier alpha value is -2.56. The van der Waals surface area contributed by atoms with Gasteiger partial charge < -0.3 is 11.1 Å². The standard InChI is InChI=1S/C14H16N4O/c1-2-3-9-16-14(19)12-8-10-18(17-12)13-7-5-4-6-11(13)15/h2,4-8,10H,1,3,9,15H2,(H,16,19). The van der Waals surface area contributed by atoms with E-state index < -0.39 is 0 Å². The molecule has 98 valence electrons. The zero-order valence-corrected chi connectivity index (χ0v) is 10.5. The molecule has 5 nitrogen and oxygen atoms in total. The Bertz CT molecular complexity index is 589. The molecule has 3 N–H and O–H groups in total. The Morgan fingerprint density at radius 1 is 1.42 bits per heavy atom. The summed E-state index contributed by atoms with van der Waals surface area (Å²) in [4.78, 5) is 11.8. The normalized spacial score (nSPS) is 10.1. The number of anilines is 1. The molecule has 0 aliphatic heterocycles. The first-order chi connectivity index (χ1) is 9.22. The number of rotatable bonds is 5. The number of carbonyl (C=O) groups is 1. The quantitative estimate of drug-likeness (QED) is 0.486. The summed E-state index contributed by atoms with van der Waals surface area (Å²) in [6, 6.07) is 9.03. The number of nitrogens with two attached hydrogens (primary N) is 1.